The fraction of sp³-hybridized carbons (Fsp3) is 0.333. The second kappa shape index (κ2) is 5.87. The van der Waals surface area contributed by atoms with E-state index in [9.17, 15) is 4.79 Å². The van der Waals surface area contributed by atoms with Crippen molar-refractivity contribution in [1.82, 2.24) is 14.9 Å². The number of aryl methyl sites for hydroxylation is 1. The molecule has 6 heteroatoms. The number of imidazole rings is 1. The summed E-state index contributed by atoms with van der Waals surface area (Å²) in [5.74, 6) is -0.0592. The van der Waals surface area contributed by atoms with Crippen LogP contribution < -0.4 is 0 Å². The number of halogens is 1. The van der Waals surface area contributed by atoms with Crippen LogP contribution in [0.4, 0.5) is 0 Å². The van der Waals surface area contributed by atoms with Crippen LogP contribution in [0.25, 0.3) is 0 Å². The van der Waals surface area contributed by atoms with Crippen LogP contribution in [-0.2, 0) is 4.74 Å². The zero-order valence-electron chi connectivity index (χ0n) is 11.7. The van der Waals surface area contributed by atoms with E-state index in [1.807, 2.05) is 31.2 Å². The smallest absolute Gasteiger partial charge is 0.274 e. The van der Waals surface area contributed by atoms with E-state index in [4.69, 9.17) is 16.3 Å². The van der Waals surface area contributed by atoms with Gasteiger partial charge < -0.3 is 14.6 Å². The number of benzene rings is 1. The van der Waals surface area contributed by atoms with E-state index in [0.29, 0.717) is 30.4 Å². The molecular weight excluding hydrogens is 290 g/mol. The van der Waals surface area contributed by atoms with Gasteiger partial charge in [0.15, 0.2) is 0 Å². The minimum absolute atomic E-state index is 0.0592. The van der Waals surface area contributed by atoms with E-state index in [1.165, 1.54) is 0 Å². The van der Waals surface area contributed by atoms with E-state index in [-0.39, 0.29) is 12.0 Å². The summed E-state index contributed by atoms with van der Waals surface area (Å²) < 4.78 is 5.77. The lowest BCUT2D eigenvalue weighted by Gasteiger charge is -2.33. The third kappa shape index (κ3) is 2.94. The summed E-state index contributed by atoms with van der Waals surface area (Å²) >= 11 is 5.90. The van der Waals surface area contributed by atoms with Crippen LogP contribution in [-0.4, -0.2) is 40.5 Å². The number of ether oxygens (including phenoxy) is 1. The van der Waals surface area contributed by atoms with Crippen molar-refractivity contribution < 1.29 is 9.53 Å². The molecule has 1 atom stereocenters. The van der Waals surface area contributed by atoms with E-state index in [0.717, 1.165) is 11.3 Å². The van der Waals surface area contributed by atoms with Gasteiger partial charge in [-0.05, 0) is 24.6 Å². The quantitative estimate of drug-likeness (QED) is 0.928. The monoisotopic (exact) mass is 305 g/mol. The minimum atomic E-state index is -0.126. The van der Waals surface area contributed by atoms with Crippen molar-refractivity contribution in [1.29, 1.82) is 0 Å². The molecule has 1 N–H and O–H groups in total. The molecule has 0 saturated carbocycles. The molecule has 2 heterocycles. The number of morpholine rings is 1. The predicted octanol–water partition coefficient (Wildman–Crippen LogP) is 2.59. The number of carbonyl (C=O) groups excluding carboxylic acids is 1. The van der Waals surface area contributed by atoms with E-state index >= 15 is 0 Å². The van der Waals surface area contributed by atoms with Crippen LogP contribution >= 0.6 is 11.6 Å². The van der Waals surface area contributed by atoms with Gasteiger partial charge in [-0.2, -0.15) is 0 Å². The average Bonchev–Trinajstić information content (AvgIpc) is 2.93. The number of amides is 1. The number of rotatable bonds is 2. The van der Waals surface area contributed by atoms with Crippen LogP contribution in [0.3, 0.4) is 0 Å². The first-order valence-electron chi connectivity index (χ1n) is 6.81. The van der Waals surface area contributed by atoms with Crippen LogP contribution in [0.1, 0.15) is 27.8 Å². The molecule has 0 aliphatic carbocycles. The molecule has 0 radical (unpaired) electrons. The molecule has 0 bridgehead atoms. The molecule has 1 fully saturated rings. The normalized spacial score (nSPS) is 18.8. The Hall–Kier alpha value is -1.85. The molecule has 0 spiro atoms. The number of nitrogens with one attached hydrogen (secondary N) is 1. The third-order valence-electron chi connectivity index (χ3n) is 3.63. The fourth-order valence-electron chi connectivity index (χ4n) is 2.44. The summed E-state index contributed by atoms with van der Waals surface area (Å²) in [6.07, 6.45) is 1.42. The molecule has 0 unspecified atom stereocenters. The largest absolute Gasteiger partial charge is 0.370 e. The van der Waals surface area contributed by atoms with Crippen LogP contribution in [0, 0.1) is 6.92 Å². The van der Waals surface area contributed by atoms with Crippen molar-refractivity contribution in [3.05, 3.63) is 52.6 Å². The fourth-order valence-corrected chi connectivity index (χ4v) is 2.56. The second-order valence-corrected chi connectivity index (χ2v) is 5.47. The number of hydrogen-bond acceptors (Lipinski definition) is 3. The van der Waals surface area contributed by atoms with E-state index < -0.39 is 0 Å². The molecule has 1 aromatic heterocycles. The predicted molar refractivity (Wildman–Crippen MR) is 79.4 cm³/mol. The molecule has 110 valence electrons. The molecule has 1 aromatic carbocycles. The standard InChI is InChI=1S/C15H16ClN3O2/c1-10-14(18-9-17-10)15(20)19-6-7-21-13(8-19)11-2-4-12(16)5-3-11/h2-5,9,13H,6-8H2,1H3,(H,17,18)/t13-/m0/s1. The summed E-state index contributed by atoms with van der Waals surface area (Å²) in [6.45, 7) is 3.46. The molecule has 1 amide bonds. The molecule has 21 heavy (non-hydrogen) atoms. The highest BCUT2D eigenvalue weighted by Crippen LogP contribution is 2.24. The SMILES string of the molecule is Cc1[nH]cnc1C(=O)N1CCO[C@H](c2ccc(Cl)cc2)C1. The zero-order chi connectivity index (χ0) is 14.8. The summed E-state index contributed by atoms with van der Waals surface area (Å²) in [5, 5.41) is 0.689. The van der Waals surface area contributed by atoms with Crippen molar-refractivity contribution in [3.8, 4) is 0 Å². The van der Waals surface area contributed by atoms with Crippen molar-refractivity contribution in [2.24, 2.45) is 0 Å². The Morgan fingerprint density at radius 1 is 1.43 bits per heavy atom. The number of carbonyl (C=O) groups is 1. The Kier molecular flexibility index (Phi) is 3.94. The van der Waals surface area contributed by atoms with Gasteiger partial charge in [-0.25, -0.2) is 4.98 Å². The number of aromatic nitrogens is 2. The van der Waals surface area contributed by atoms with Gasteiger partial charge >= 0.3 is 0 Å². The van der Waals surface area contributed by atoms with Gasteiger partial charge in [0.2, 0.25) is 0 Å². The average molecular weight is 306 g/mol. The summed E-state index contributed by atoms with van der Waals surface area (Å²) in [7, 11) is 0. The lowest BCUT2D eigenvalue weighted by Crippen LogP contribution is -2.42. The lowest BCUT2D eigenvalue weighted by molar-refractivity contribution is -0.0230. The first kappa shape index (κ1) is 14.1. The first-order chi connectivity index (χ1) is 10.1. The number of hydrogen-bond donors (Lipinski definition) is 1. The molecule has 1 saturated heterocycles. The van der Waals surface area contributed by atoms with Crippen LogP contribution in [0.5, 0.6) is 0 Å². The second-order valence-electron chi connectivity index (χ2n) is 5.04. The zero-order valence-corrected chi connectivity index (χ0v) is 12.4. The van der Waals surface area contributed by atoms with Crippen molar-refractivity contribution in [3.63, 3.8) is 0 Å². The Labute approximate surface area is 127 Å². The van der Waals surface area contributed by atoms with E-state index in [2.05, 4.69) is 9.97 Å². The molecule has 5 nitrogen and oxygen atoms in total. The Bertz CT molecular complexity index is 639. The summed E-state index contributed by atoms with van der Waals surface area (Å²) in [5.41, 5.74) is 2.29. The van der Waals surface area contributed by atoms with Gasteiger partial charge in [0, 0.05) is 17.3 Å². The topological polar surface area (TPSA) is 58.2 Å². The lowest BCUT2D eigenvalue weighted by atomic mass is 10.1. The third-order valence-corrected chi connectivity index (χ3v) is 3.88. The maximum absolute atomic E-state index is 12.5. The van der Waals surface area contributed by atoms with Gasteiger partial charge in [0.25, 0.3) is 5.91 Å². The number of H-pyrrole nitrogens is 1. The van der Waals surface area contributed by atoms with Crippen molar-refractivity contribution in [2.75, 3.05) is 19.7 Å². The van der Waals surface area contributed by atoms with Crippen molar-refractivity contribution in [2.45, 2.75) is 13.0 Å². The van der Waals surface area contributed by atoms with Crippen LogP contribution in [0.2, 0.25) is 5.02 Å². The van der Waals surface area contributed by atoms with Gasteiger partial charge in [-0.15, -0.1) is 0 Å². The van der Waals surface area contributed by atoms with Gasteiger partial charge in [-0.3, -0.25) is 4.79 Å². The van der Waals surface area contributed by atoms with E-state index in [1.54, 1.807) is 11.2 Å². The van der Waals surface area contributed by atoms with Gasteiger partial charge in [0.1, 0.15) is 11.8 Å². The maximum atomic E-state index is 12.5. The molecule has 1 aliphatic rings. The summed E-state index contributed by atoms with van der Waals surface area (Å²) in [4.78, 5) is 21.3. The maximum Gasteiger partial charge on any atom is 0.274 e. The molecular formula is C15H16ClN3O2. The van der Waals surface area contributed by atoms with Crippen LogP contribution in [0.15, 0.2) is 30.6 Å². The Morgan fingerprint density at radius 3 is 2.86 bits per heavy atom. The van der Waals surface area contributed by atoms with Gasteiger partial charge in [-0.1, -0.05) is 23.7 Å². The number of nitrogens with zero attached hydrogens (tertiary/aromatic N) is 2. The summed E-state index contributed by atoms with van der Waals surface area (Å²) in [6, 6.07) is 7.53. The first-order valence-corrected chi connectivity index (χ1v) is 7.19. The highest BCUT2D eigenvalue weighted by Gasteiger charge is 2.27. The highest BCUT2D eigenvalue weighted by atomic mass is 35.5. The molecule has 3 rings (SSSR count). The minimum Gasteiger partial charge on any atom is -0.370 e. The Morgan fingerprint density at radius 2 is 2.19 bits per heavy atom. The van der Waals surface area contributed by atoms with Crippen molar-refractivity contribution >= 4 is 17.5 Å². The Balaban J connectivity index is 1.75. The highest BCUT2D eigenvalue weighted by molar-refractivity contribution is 6.30. The molecule has 1 aliphatic heterocycles. The van der Waals surface area contributed by atoms with Gasteiger partial charge in [0.05, 0.1) is 19.5 Å². The number of aromatic amines is 1. The molecule has 2 aromatic rings.